The Kier molecular flexibility index (Phi) is 2.87. The highest BCUT2D eigenvalue weighted by Crippen LogP contribution is 2.45. The average Bonchev–Trinajstić information content (AvgIpc) is 3.73. The van der Waals surface area contributed by atoms with Gasteiger partial charge in [0.2, 0.25) is 0 Å². The summed E-state index contributed by atoms with van der Waals surface area (Å²) in [4.78, 5) is 0. The minimum atomic E-state index is -0.749. The number of benzene rings is 9. The highest BCUT2D eigenvalue weighted by atomic mass is 16.3. The number of hydrogen-bond donors (Lipinski definition) is 0. The lowest BCUT2D eigenvalue weighted by atomic mass is 9.85. The normalized spacial score (nSPS) is 17.8. The molecule has 0 amide bonds. The Morgan fingerprint density at radius 2 is 0.894 bits per heavy atom. The van der Waals surface area contributed by atoms with E-state index in [9.17, 15) is 11.0 Å². The zero-order valence-corrected chi connectivity index (χ0v) is 24.0. The van der Waals surface area contributed by atoms with Crippen LogP contribution in [0, 0.1) is 0 Å². The van der Waals surface area contributed by atoms with Crippen LogP contribution in [0.2, 0.25) is 0 Å². The van der Waals surface area contributed by atoms with Gasteiger partial charge < -0.3 is 4.42 Å². The summed E-state index contributed by atoms with van der Waals surface area (Å²) in [5.41, 5.74) is -1.53. The fraction of sp³-hybridized carbons (Fsp3) is 0. The van der Waals surface area contributed by atoms with Gasteiger partial charge in [-0.2, -0.15) is 0 Å². The fourth-order valence-electron chi connectivity index (χ4n) is 6.21. The smallest absolute Gasteiger partial charge is 0.136 e. The third-order valence-corrected chi connectivity index (χ3v) is 8.25. The second kappa shape index (κ2) is 10.2. The zero-order chi connectivity index (χ0) is 48.3. The van der Waals surface area contributed by atoms with Crippen molar-refractivity contribution in [3.8, 4) is 33.4 Å². The standard InChI is InChI=1S/C46H28O/c1-2-12-33-28-44-42(26-32(33)11-1)41-27-34(24-25-43(41)47-44)46-39-17-7-5-15-37(39)45(38-16-6-8-18-40(38)46)31-22-20-30(21-23-31)36-19-9-13-29-10-3-4-14-35(29)36/h1-28H/i1D,2D,3D,4D,9D,10D,11D,12D,13D,14D,19D,20D,21D,22D,23D,24D,25D,26D,27D,28D. The number of hydrogen-bond acceptors (Lipinski definition) is 1. The maximum Gasteiger partial charge on any atom is 0.136 e. The summed E-state index contributed by atoms with van der Waals surface area (Å²) in [6.45, 7) is 0. The molecule has 0 fully saturated rings. The lowest BCUT2D eigenvalue weighted by Gasteiger charge is -2.18. The van der Waals surface area contributed by atoms with E-state index in [2.05, 4.69) is 0 Å². The first kappa shape index (κ1) is 13.3. The van der Waals surface area contributed by atoms with Crippen LogP contribution in [-0.2, 0) is 0 Å². The van der Waals surface area contributed by atoms with Gasteiger partial charge in [-0.1, -0.05) is 145 Å². The molecule has 0 N–H and O–H groups in total. The van der Waals surface area contributed by atoms with E-state index in [0.717, 1.165) is 0 Å². The molecular weight excluding hydrogens is 569 g/mol. The van der Waals surface area contributed by atoms with Gasteiger partial charge >= 0.3 is 0 Å². The quantitative estimate of drug-likeness (QED) is 0.180. The van der Waals surface area contributed by atoms with Crippen LogP contribution in [0.3, 0.4) is 0 Å². The minimum absolute atomic E-state index is 0.113. The van der Waals surface area contributed by atoms with Crippen molar-refractivity contribution in [2.75, 3.05) is 0 Å². The maximum atomic E-state index is 9.76. The molecule has 1 heteroatoms. The van der Waals surface area contributed by atoms with E-state index in [1.54, 1.807) is 48.5 Å². The Morgan fingerprint density at radius 1 is 0.362 bits per heavy atom. The largest absolute Gasteiger partial charge is 0.456 e. The zero-order valence-electron chi connectivity index (χ0n) is 44.0. The van der Waals surface area contributed by atoms with Crippen LogP contribution in [0.4, 0.5) is 0 Å². The molecule has 0 saturated carbocycles. The van der Waals surface area contributed by atoms with E-state index in [0.29, 0.717) is 21.5 Å². The number of fused-ring (bicyclic) bond motifs is 7. The third kappa shape index (κ3) is 4.03. The molecule has 0 aliphatic rings. The highest BCUT2D eigenvalue weighted by Gasteiger charge is 2.18. The SMILES string of the molecule is [2H]c1c([2H])c(-c2c([2H])c([2H])c([2H])c3c([2H])c([2H])c([2H])c([2H])c23)c([2H])c([2H])c1-c1c2ccccc2c(-c2c([2H])c([2H])c3oc4c([2H])c5c([2H])c([2H])c([2H])c([2H])c5c([2H])c4c3c2[2H])c2ccccc12. The summed E-state index contributed by atoms with van der Waals surface area (Å²) in [6.07, 6.45) is 0. The van der Waals surface area contributed by atoms with Crippen molar-refractivity contribution in [2.45, 2.75) is 0 Å². The summed E-state index contributed by atoms with van der Waals surface area (Å²) in [7, 11) is 0. The molecule has 0 atom stereocenters. The van der Waals surface area contributed by atoms with Crippen molar-refractivity contribution in [3.05, 3.63) is 169 Å². The van der Waals surface area contributed by atoms with Gasteiger partial charge in [0.1, 0.15) is 11.2 Å². The summed E-state index contributed by atoms with van der Waals surface area (Å²) in [5.74, 6) is 0. The van der Waals surface area contributed by atoms with Crippen LogP contribution in [0.25, 0.3) is 98.4 Å². The molecule has 0 saturated heterocycles. The summed E-state index contributed by atoms with van der Waals surface area (Å²) in [5, 5.41) is -0.417. The molecule has 0 radical (unpaired) electrons. The molecule has 9 aromatic carbocycles. The Morgan fingerprint density at radius 3 is 1.60 bits per heavy atom. The second-order valence-electron chi connectivity index (χ2n) is 10.9. The number of rotatable bonds is 3. The first-order valence-corrected chi connectivity index (χ1v) is 14.6. The van der Waals surface area contributed by atoms with Gasteiger partial charge in [0.25, 0.3) is 0 Å². The molecule has 218 valence electrons. The van der Waals surface area contributed by atoms with Crippen LogP contribution < -0.4 is 0 Å². The van der Waals surface area contributed by atoms with Crippen molar-refractivity contribution in [1.29, 1.82) is 0 Å². The minimum Gasteiger partial charge on any atom is -0.456 e. The van der Waals surface area contributed by atoms with Crippen LogP contribution in [-0.4, -0.2) is 0 Å². The van der Waals surface area contributed by atoms with Gasteiger partial charge in [-0.25, -0.2) is 0 Å². The Bertz CT molecular complexity index is 3890. The molecule has 1 nitrogen and oxygen atoms in total. The topological polar surface area (TPSA) is 13.1 Å². The van der Waals surface area contributed by atoms with Crippen molar-refractivity contribution in [3.63, 3.8) is 0 Å². The van der Waals surface area contributed by atoms with E-state index in [-0.39, 0.29) is 55.0 Å². The lowest BCUT2D eigenvalue weighted by molar-refractivity contribution is 0.669. The van der Waals surface area contributed by atoms with Crippen LogP contribution in [0.15, 0.2) is 174 Å². The lowest BCUT2D eigenvalue weighted by Crippen LogP contribution is -1.91. The third-order valence-electron chi connectivity index (χ3n) is 8.25. The highest BCUT2D eigenvalue weighted by molar-refractivity contribution is 6.22. The fourth-order valence-corrected chi connectivity index (χ4v) is 6.21. The molecule has 1 aromatic heterocycles. The monoisotopic (exact) mass is 616 g/mol. The predicted octanol–water partition coefficient (Wildman–Crippen LogP) is 13.2. The Balaban J connectivity index is 1.32. The van der Waals surface area contributed by atoms with Gasteiger partial charge in [0, 0.05) is 10.8 Å². The first-order valence-electron chi connectivity index (χ1n) is 24.6. The van der Waals surface area contributed by atoms with Gasteiger partial charge in [-0.3, -0.25) is 0 Å². The molecule has 10 aromatic rings. The van der Waals surface area contributed by atoms with Gasteiger partial charge in [0.05, 0.1) is 27.4 Å². The van der Waals surface area contributed by atoms with Crippen molar-refractivity contribution >= 4 is 65.0 Å². The van der Waals surface area contributed by atoms with Crippen molar-refractivity contribution in [2.24, 2.45) is 0 Å². The molecule has 0 bridgehead atoms. The van der Waals surface area contributed by atoms with Crippen LogP contribution in [0.1, 0.15) is 27.4 Å². The Hall–Kier alpha value is -6.18. The van der Waals surface area contributed by atoms with Crippen molar-refractivity contribution < 1.29 is 31.8 Å². The average molecular weight is 617 g/mol. The van der Waals surface area contributed by atoms with E-state index in [1.807, 2.05) is 0 Å². The molecule has 47 heavy (non-hydrogen) atoms. The molecule has 1 heterocycles. The molecular formula is C46H28O. The Labute approximate surface area is 300 Å². The first-order chi connectivity index (χ1) is 31.7. The van der Waals surface area contributed by atoms with E-state index in [4.69, 9.17) is 20.9 Å². The molecule has 0 unspecified atom stereocenters. The second-order valence-corrected chi connectivity index (χ2v) is 10.9. The van der Waals surface area contributed by atoms with Crippen LogP contribution in [0.5, 0.6) is 0 Å². The van der Waals surface area contributed by atoms with Crippen molar-refractivity contribution in [1.82, 2.24) is 0 Å². The predicted molar refractivity (Wildman–Crippen MR) is 200 cm³/mol. The molecule has 0 spiro atoms. The van der Waals surface area contributed by atoms with Crippen LogP contribution >= 0.6 is 0 Å². The summed E-state index contributed by atoms with van der Waals surface area (Å²) in [6, 6.07) is 0.840. The maximum absolute atomic E-state index is 9.76. The summed E-state index contributed by atoms with van der Waals surface area (Å²) >= 11 is 0. The van der Waals surface area contributed by atoms with E-state index < -0.39 is 143 Å². The van der Waals surface area contributed by atoms with E-state index >= 15 is 0 Å². The molecule has 0 aliphatic heterocycles. The van der Waals surface area contributed by atoms with Gasteiger partial charge in [-0.05, 0) is 101 Å². The molecule has 0 aliphatic carbocycles. The number of furan rings is 1. The van der Waals surface area contributed by atoms with E-state index in [1.165, 1.54) is 0 Å². The summed E-state index contributed by atoms with van der Waals surface area (Å²) < 4.78 is 184. The van der Waals surface area contributed by atoms with Gasteiger partial charge in [-0.15, -0.1) is 0 Å². The molecule has 10 rings (SSSR count). The van der Waals surface area contributed by atoms with Gasteiger partial charge in [0.15, 0.2) is 0 Å².